The number of amides is 2. The summed E-state index contributed by atoms with van der Waals surface area (Å²) in [6.07, 6.45) is -4.23. The molecule has 2 N–H and O–H groups in total. The van der Waals surface area contributed by atoms with E-state index in [-0.39, 0.29) is 0 Å². The van der Waals surface area contributed by atoms with Crippen molar-refractivity contribution < 1.29 is 27.2 Å². The average molecular weight is 380 g/mol. The molecule has 0 bridgehead atoms. The van der Waals surface area contributed by atoms with E-state index in [2.05, 4.69) is 10.6 Å². The van der Waals surface area contributed by atoms with Gasteiger partial charge in [0.2, 0.25) is 11.8 Å². The van der Waals surface area contributed by atoms with Crippen molar-refractivity contribution >= 4 is 17.5 Å². The van der Waals surface area contributed by atoms with Crippen LogP contribution in [0.5, 0.6) is 0 Å². The third-order valence-electron chi connectivity index (χ3n) is 4.51. The van der Waals surface area contributed by atoms with Gasteiger partial charge in [-0.25, -0.2) is 4.39 Å². The minimum absolute atomic E-state index is 0.323. The minimum atomic E-state index is -4.64. The molecular weight excluding hydrogens is 364 g/mol. The van der Waals surface area contributed by atoms with Gasteiger partial charge in [0.15, 0.2) is 0 Å². The van der Waals surface area contributed by atoms with Gasteiger partial charge in [0, 0.05) is 12.5 Å². The maximum atomic E-state index is 13.2. The summed E-state index contributed by atoms with van der Waals surface area (Å²) in [5.74, 6) is -3.64. The lowest BCUT2D eigenvalue weighted by Gasteiger charge is -2.30. The molecule has 0 aliphatic carbocycles. The fourth-order valence-corrected chi connectivity index (χ4v) is 3.23. The Balaban J connectivity index is 1.89. The molecule has 142 valence electrons. The van der Waals surface area contributed by atoms with Crippen molar-refractivity contribution in [3.63, 3.8) is 0 Å². The highest BCUT2D eigenvalue weighted by molar-refractivity contribution is 6.08. The highest BCUT2D eigenvalue weighted by Crippen LogP contribution is 2.36. The van der Waals surface area contributed by atoms with Crippen molar-refractivity contribution in [3.8, 4) is 0 Å². The zero-order valence-electron chi connectivity index (χ0n) is 14.0. The first-order chi connectivity index (χ1) is 12.8. The average Bonchev–Trinajstić information content (AvgIpc) is 2.61. The predicted molar refractivity (Wildman–Crippen MR) is 90.3 cm³/mol. The topological polar surface area (TPSA) is 58.2 Å². The van der Waals surface area contributed by atoms with E-state index >= 15 is 0 Å². The van der Waals surface area contributed by atoms with Gasteiger partial charge in [-0.05, 0) is 36.2 Å². The molecule has 1 aliphatic heterocycles. The fourth-order valence-electron chi connectivity index (χ4n) is 3.23. The third-order valence-corrected chi connectivity index (χ3v) is 4.51. The maximum Gasteiger partial charge on any atom is 0.418 e. The molecule has 1 fully saturated rings. The highest BCUT2D eigenvalue weighted by atomic mass is 19.4. The van der Waals surface area contributed by atoms with Crippen LogP contribution in [-0.4, -0.2) is 18.4 Å². The van der Waals surface area contributed by atoms with Crippen LogP contribution in [0.4, 0.5) is 23.2 Å². The van der Waals surface area contributed by atoms with Gasteiger partial charge in [-0.2, -0.15) is 13.2 Å². The smallest absolute Gasteiger partial charge is 0.355 e. The lowest BCUT2D eigenvalue weighted by Crippen LogP contribution is -2.46. The zero-order chi connectivity index (χ0) is 19.6. The Morgan fingerprint density at radius 2 is 1.74 bits per heavy atom. The van der Waals surface area contributed by atoms with E-state index in [0.29, 0.717) is 18.5 Å². The summed E-state index contributed by atoms with van der Waals surface area (Å²) in [6, 6.07) is 9.95. The molecule has 2 aromatic carbocycles. The van der Waals surface area contributed by atoms with Gasteiger partial charge in [-0.1, -0.05) is 24.3 Å². The van der Waals surface area contributed by atoms with Crippen LogP contribution in [-0.2, 0) is 15.8 Å². The van der Waals surface area contributed by atoms with Crippen LogP contribution in [0.2, 0.25) is 0 Å². The van der Waals surface area contributed by atoms with E-state index in [0.717, 1.165) is 12.1 Å². The van der Waals surface area contributed by atoms with Crippen molar-refractivity contribution in [1.29, 1.82) is 0 Å². The predicted octanol–water partition coefficient (Wildman–Crippen LogP) is 3.70. The van der Waals surface area contributed by atoms with Crippen LogP contribution >= 0.6 is 0 Å². The monoisotopic (exact) mass is 380 g/mol. The largest absolute Gasteiger partial charge is 0.418 e. The minimum Gasteiger partial charge on any atom is -0.355 e. The molecule has 0 saturated carbocycles. The number of alkyl halides is 3. The first kappa shape index (κ1) is 18.9. The number of piperidine rings is 1. The zero-order valence-corrected chi connectivity index (χ0v) is 14.0. The van der Waals surface area contributed by atoms with E-state index in [1.54, 1.807) is 0 Å². The van der Waals surface area contributed by atoms with Crippen molar-refractivity contribution in [2.75, 3.05) is 11.9 Å². The Bertz CT molecular complexity index is 850. The molecule has 0 radical (unpaired) electrons. The maximum absolute atomic E-state index is 13.2. The SMILES string of the molecule is O=C1NCCC(c2ccc(F)cc2)[C@H]1C(=O)Nc1ccccc1C(F)(F)F. The van der Waals surface area contributed by atoms with Gasteiger partial charge in [-0.15, -0.1) is 0 Å². The number of hydrogen-bond donors (Lipinski definition) is 2. The molecule has 1 saturated heterocycles. The number of rotatable bonds is 3. The molecule has 3 rings (SSSR count). The summed E-state index contributed by atoms with van der Waals surface area (Å²) in [6.45, 7) is 0.323. The summed E-state index contributed by atoms with van der Waals surface area (Å²) in [7, 11) is 0. The number of halogens is 4. The number of para-hydroxylation sites is 1. The molecular formula is C19H16F4N2O2. The summed E-state index contributed by atoms with van der Waals surface area (Å²) in [5, 5.41) is 4.79. The molecule has 2 atom stereocenters. The second-order valence-electron chi connectivity index (χ2n) is 6.25. The van der Waals surface area contributed by atoms with E-state index in [1.165, 1.54) is 36.4 Å². The second kappa shape index (κ2) is 7.38. The normalized spacial score (nSPS) is 20.1. The van der Waals surface area contributed by atoms with Crippen LogP contribution in [0.25, 0.3) is 0 Å². The van der Waals surface area contributed by atoms with Crippen molar-refractivity contribution in [2.45, 2.75) is 18.5 Å². The molecule has 1 aliphatic rings. The molecule has 1 unspecified atom stereocenters. The fraction of sp³-hybridized carbons (Fsp3) is 0.263. The first-order valence-electron chi connectivity index (χ1n) is 8.27. The number of carbonyl (C=O) groups is 2. The molecule has 0 spiro atoms. The Morgan fingerprint density at radius 3 is 2.41 bits per heavy atom. The van der Waals surface area contributed by atoms with Crippen molar-refractivity contribution in [2.24, 2.45) is 5.92 Å². The standard InChI is InChI=1S/C19H16F4N2O2/c20-12-7-5-11(6-8-12)13-9-10-24-17(26)16(13)18(27)25-15-4-2-1-3-14(15)19(21,22)23/h1-8,13,16H,9-10H2,(H,24,26)(H,25,27)/t13?,16-/m1/s1. The van der Waals surface area contributed by atoms with Gasteiger partial charge in [-0.3, -0.25) is 9.59 Å². The van der Waals surface area contributed by atoms with Crippen LogP contribution in [0, 0.1) is 11.7 Å². The van der Waals surface area contributed by atoms with Gasteiger partial charge in [0.05, 0.1) is 11.3 Å². The van der Waals surface area contributed by atoms with E-state index in [4.69, 9.17) is 0 Å². The molecule has 8 heteroatoms. The van der Waals surface area contributed by atoms with E-state index < -0.39 is 46.9 Å². The number of anilines is 1. The number of carbonyl (C=O) groups excluding carboxylic acids is 2. The Labute approximate surface area is 152 Å². The molecule has 2 amide bonds. The van der Waals surface area contributed by atoms with Crippen LogP contribution in [0.1, 0.15) is 23.5 Å². The van der Waals surface area contributed by atoms with Gasteiger partial charge in [0.1, 0.15) is 11.7 Å². The lowest BCUT2D eigenvalue weighted by molar-refractivity contribution is -0.137. The van der Waals surface area contributed by atoms with E-state index in [9.17, 15) is 27.2 Å². The highest BCUT2D eigenvalue weighted by Gasteiger charge is 2.40. The van der Waals surface area contributed by atoms with E-state index in [1.807, 2.05) is 0 Å². The van der Waals surface area contributed by atoms with Crippen LogP contribution in [0.3, 0.4) is 0 Å². The first-order valence-corrected chi connectivity index (χ1v) is 8.27. The molecule has 27 heavy (non-hydrogen) atoms. The third kappa shape index (κ3) is 4.10. The molecule has 0 aromatic heterocycles. The molecule has 2 aromatic rings. The molecule has 4 nitrogen and oxygen atoms in total. The van der Waals surface area contributed by atoms with Crippen LogP contribution < -0.4 is 10.6 Å². The lowest BCUT2D eigenvalue weighted by atomic mass is 9.80. The Morgan fingerprint density at radius 1 is 1.07 bits per heavy atom. The number of nitrogens with one attached hydrogen (secondary N) is 2. The summed E-state index contributed by atoms with van der Waals surface area (Å²) in [4.78, 5) is 25.0. The summed E-state index contributed by atoms with van der Waals surface area (Å²) < 4.78 is 52.6. The van der Waals surface area contributed by atoms with Crippen molar-refractivity contribution in [1.82, 2.24) is 5.32 Å². The van der Waals surface area contributed by atoms with Gasteiger partial charge >= 0.3 is 6.18 Å². The number of hydrogen-bond acceptors (Lipinski definition) is 2. The Hall–Kier alpha value is -2.90. The van der Waals surface area contributed by atoms with Crippen molar-refractivity contribution in [3.05, 3.63) is 65.5 Å². The summed E-state index contributed by atoms with van der Waals surface area (Å²) in [5.41, 5.74) is -0.824. The second-order valence-corrected chi connectivity index (χ2v) is 6.25. The van der Waals surface area contributed by atoms with Gasteiger partial charge < -0.3 is 10.6 Å². The summed E-state index contributed by atoms with van der Waals surface area (Å²) >= 11 is 0. The Kier molecular flexibility index (Phi) is 5.16. The number of benzene rings is 2. The van der Waals surface area contributed by atoms with Gasteiger partial charge in [0.25, 0.3) is 0 Å². The molecule has 1 heterocycles. The quantitative estimate of drug-likeness (QED) is 0.630. The van der Waals surface area contributed by atoms with Crippen LogP contribution in [0.15, 0.2) is 48.5 Å².